The van der Waals surface area contributed by atoms with Crippen LogP contribution in [0.25, 0.3) is 10.8 Å². The Kier molecular flexibility index (Phi) is 4.75. The zero-order valence-electron chi connectivity index (χ0n) is 17.3. The number of rotatable bonds is 3. The molecule has 1 N–H and O–H groups in total. The van der Waals surface area contributed by atoms with E-state index >= 15 is 0 Å². The monoisotopic (exact) mass is 401 g/mol. The Morgan fingerprint density at radius 1 is 0.967 bits per heavy atom. The topological polar surface area (TPSA) is 49.8 Å². The van der Waals surface area contributed by atoms with Crippen LogP contribution in [0.15, 0.2) is 66.7 Å². The second kappa shape index (κ2) is 7.44. The molecule has 2 heterocycles. The van der Waals surface area contributed by atoms with Gasteiger partial charge in [-0.3, -0.25) is 0 Å². The van der Waals surface area contributed by atoms with E-state index in [0.717, 1.165) is 29.4 Å². The molecule has 0 aliphatic carbocycles. The van der Waals surface area contributed by atoms with Crippen molar-refractivity contribution in [3.8, 4) is 0 Å². The minimum Gasteiger partial charge on any atom is -0.445 e. The van der Waals surface area contributed by atoms with E-state index in [1.165, 1.54) is 10.9 Å². The number of aryl methyl sites for hydroxylation is 1. The summed E-state index contributed by atoms with van der Waals surface area (Å²) in [5.74, 6) is 0. The fourth-order valence-electron chi connectivity index (χ4n) is 5.39. The van der Waals surface area contributed by atoms with E-state index in [1.54, 1.807) is 0 Å². The van der Waals surface area contributed by atoms with Gasteiger partial charge in [0, 0.05) is 24.9 Å². The lowest BCUT2D eigenvalue weighted by Gasteiger charge is -2.43. The molecule has 154 valence electrons. The summed E-state index contributed by atoms with van der Waals surface area (Å²) in [6.45, 7) is 2.38. The maximum absolute atomic E-state index is 12.9. The molecule has 0 radical (unpaired) electrons. The first-order chi connectivity index (χ1) is 14.5. The summed E-state index contributed by atoms with van der Waals surface area (Å²) >= 11 is 0. The van der Waals surface area contributed by atoms with Gasteiger partial charge in [0.05, 0.1) is 5.60 Å². The van der Waals surface area contributed by atoms with Crippen LogP contribution in [0.5, 0.6) is 0 Å². The normalized spacial score (nSPS) is 25.5. The highest BCUT2D eigenvalue weighted by atomic mass is 16.6. The van der Waals surface area contributed by atoms with Crippen molar-refractivity contribution in [2.75, 3.05) is 0 Å². The summed E-state index contributed by atoms with van der Waals surface area (Å²) < 4.78 is 5.61. The third kappa shape index (κ3) is 3.25. The van der Waals surface area contributed by atoms with E-state index in [1.807, 2.05) is 47.4 Å². The molecule has 0 aromatic heterocycles. The van der Waals surface area contributed by atoms with Crippen LogP contribution in [0.3, 0.4) is 0 Å². The largest absolute Gasteiger partial charge is 0.445 e. The number of benzene rings is 3. The van der Waals surface area contributed by atoms with Crippen LogP contribution in [0.4, 0.5) is 4.79 Å². The van der Waals surface area contributed by atoms with E-state index in [-0.39, 0.29) is 24.8 Å². The van der Waals surface area contributed by atoms with E-state index < -0.39 is 5.60 Å². The van der Waals surface area contributed by atoms with Crippen molar-refractivity contribution in [2.45, 2.75) is 56.9 Å². The van der Waals surface area contributed by atoms with E-state index in [4.69, 9.17) is 4.74 Å². The number of carbonyl (C=O) groups is 1. The van der Waals surface area contributed by atoms with Gasteiger partial charge in [-0.25, -0.2) is 4.79 Å². The molecule has 2 unspecified atom stereocenters. The summed E-state index contributed by atoms with van der Waals surface area (Å²) in [5.41, 5.74) is 2.26. The lowest BCUT2D eigenvalue weighted by atomic mass is 9.78. The Labute approximate surface area is 177 Å². The van der Waals surface area contributed by atoms with Crippen LogP contribution in [-0.2, 0) is 16.9 Å². The molecule has 3 aromatic rings. The Balaban J connectivity index is 1.38. The Morgan fingerprint density at radius 2 is 1.60 bits per heavy atom. The van der Waals surface area contributed by atoms with Crippen molar-refractivity contribution in [2.24, 2.45) is 0 Å². The molecular formula is C26H27NO3. The molecule has 2 aliphatic heterocycles. The molecule has 2 bridgehead atoms. The summed E-state index contributed by atoms with van der Waals surface area (Å²) in [5, 5.41) is 14.0. The first kappa shape index (κ1) is 19.1. The number of hydrogen-bond acceptors (Lipinski definition) is 3. The van der Waals surface area contributed by atoms with Crippen molar-refractivity contribution in [3.05, 3.63) is 83.4 Å². The molecule has 2 fully saturated rings. The van der Waals surface area contributed by atoms with Gasteiger partial charge in [0.25, 0.3) is 0 Å². The maximum atomic E-state index is 12.9. The van der Waals surface area contributed by atoms with Gasteiger partial charge >= 0.3 is 6.09 Å². The minimum absolute atomic E-state index is 0.0112. The zero-order chi connectivity index (χ0) is 20.7. The lowest BCUT2D eigenvalue weighted by Crippen LogP contribution is -2.52. The average molecular weight is 402 g/mol. The minimum atomic E-state index is -0.921. The first-order valence-corrected chi connectivity index (χ1v) is 10.8. The molecule has 0 spiro atoms. The molecule has 30 heavy (non-hydrogen) atoms. The van der Waals surface area contributed by atoms with Crippen molar-refractivity contribution in [1.29, 1.82) is 0 Å². The van der Waals surface area contributed by atoms with Crippen molar-refractivity contribution in [3.63, 3.8) is 0 Å². The Morgan fingerprint density at radius 3 is 2.30 bits per heavy atom. The van der Waals surface area contributed by atoms with Gasteiger partial charge in [-0.05, 0) is 47.2 Å². The summed E-state index contributed by atoms with van der Waals surface area (Å²) in [4.78, 5) is 14.7. The smallest absolute Gasteiger partial charge is 0.410 e. The first-order valence-electron chi connectivity index (χ1n) is 10.8. The van der Waals surface area contributed by atoms with Crippen LogP contribution in [0.2, 0.25) is 0 Å². The highest BCUT2D eigenvalue weighted by Gasteiger charge is 2.51. The summed E-state index contributed by atoms with van der Waals surface area (Å²) in [6, 6.07) is 22.2. The van der Waals surface area contributed by atoms with Gasteiger partial charge in [0.15, 0.2) is 0 Å². The SMILES string of the molecule is Cc1ccc(C2(O)CC3CCC(C2)N3C(=O)OCc2ccccc2)c2ccccc12. The number of aliphatic hydroxyl groups is 1. The van der Waals surface area contributed by atoms with Crippen molar-refractivity contribution < 1.29 is 14.6 Å². The predicted molar refractivity (Wildman–Crippen MR) is 117 cm³/mol. The summed E-state index contributed by atoms with van der Waals surface area (Å²) in [6.07, 6.45) is 2.67. The van der Waals surface area contributed by atoms with Gasteiger partial charge < -0.3 is 14.7 Å². The van der Waals surface area contributed by atoms with Crippen LogP contribution >= 0.6 is 0 Å². The summed E-state index contributed by atoms with van der Waals surface area (Å²) in [7, 11) is 0. The standard InChI is InChI=1S/C26H27NO3/c1-18-11-14-24(23-10-6-5-9-22(18)23)26(29)15-20-12-13-21(16-26)27(20)25(28)30-17-19-7-3-2-4-8-19/h2-11,14,20-21,29H,12-13,15-17H2,1H3. The number of nitrogens with zero attached hydrogens (tertiary/aromatic N) is 1. The zero-order valence-corrected chi connectivity index (χ0v) is 17.3. The third-order valence-electron chi connectivity index (χ3n) is 6.83. The number of piperidine rings is 1. The van der Waals surface area contributed by atoms with Gasteiger partial charge in [0.2, 0.25) is 0 Å². The molecule has 2 saturated heterocycles. The highest BCUT2D eigenvalue weighted by molar-refractivity contribution is 5.89. The van der Waals surface area contributed by atoms with Gasteiger partial charge in [-0.2, -0.15) is 0 Å². The van der Waals surface area contributed by atoms with Crippen LogP contribution in [-0.4, -0.2) is 28.2 Å². The fraction of sp³-hybridized carbons (Fsp3) is 0.346. The average Bonchev–Trinajstić information content (AvgIpc) is 3.05. The Hall–Kier alpha value is -2.85. The van der Waals surface area contributed by atoms with Crippen LogP contribution in [0.1, 0.15) is 42.4 Å². The maximum Gasteiger partial charge on any atom is 0.410 e. The molecule has 0 saturated carbocycles. The molecule has 1 amide bonds. The van der Waals surface area contributed by atoms with Gasteiger partial charge in [-0.15, -0.1) is 0 Å². The predicted octanol–water partition coefficient (Wildman–Crippen LogP) is 5.30. The van der Waals surface area contributed by atoms with Gasteiger partial charge in [0.1, 0.15) is 6.61 Å². The number of ether oxygens (including phenoxy) is 1. The molecule has 4 nitrogen and oxygen atoms in total. The highest BCUT2D eigenvalue weighted by Crippen LogP contribution is 2.47. The molecule has 5 rings (SSSR count). The molecule has 2 aliphatic rings. The van der Waals surface area contributed by atoms with E-state index in [9.17, 15) is 9.90 Å². The molecule has 3 aromatic carbocycles. The van der Waals surface area contributed by atoms with E-state index in [0.29, 0.717) is 12.8 Å². The number of amides is 1. The fourth-order valence-corrected chi connectivity index (χ4v) is 5.39. The third-order valence-corrected chi connectivity index (χ3v) is 6.83. The number of carbonyl (C=O) groups excluding carboxylic acids is 1. The van der Waals surface area contributed by atoms with E-state index in [2.05, 4.69) is 31.2 Å². The van der Waals surface area contributed by atoms with Crippen molar-refractivity contribution >= 4 is 16.9 Å². The number of fused-ring (bicyclic) bond motifs is 3. The van der Waals surface area contributed by atoms with Crippen LogP contribution in [0, 0.1) is 6.92 Å². The van der Waals surface area contributed by atoms with Crippen LogP contribution < -0.4 is 0 Å². The Bertz CT molecular complexity index is 1060. The second-order valence-electron chi connectivity index (χ2n) is 8.75. The van der Waals surface area contributed by atoms with Gasteiger partial charge in [-0.1, -0.05) is 66.7 Å². The van der Waals surface area contributed by atoms with Crippen molar-refractivity contribution in [1.82, 2.24) is 4.90 Å². The molecule has 2 atom stereocenters. The molecular weight excluding hydrogens is 374 g/mol. The second-order valence-corrected chi connectivity index (χ2v) is 8.75. The molecule has 4 heteroatoms. The quantitative estimate of drug-likeness (QED) is 0.648. The number of hydrogen-bond donors (Lipinski definition) is 1. The lowest BCUT2D eigenvalue weighted by molar-refractivity contribution is -0.0527.